The van der Waals surface area contributed by atoms with Crippen molar-refractivity contribution in [1.29, 1.82) is 0 Å². The second-order valence-corrected chi connectivity index (χ2v) is 13.9. The summed E-state index contributed by atoms with van der Waals surface area (Å²) in [5.74, 6) is 1.04. The molecule has 7 rings (SSSR count). The molecule has 3 aliphatic rings. The molecular formula is C41H48N6O8. The summed E-state index contributed by atoms with van der Waals surface area (Å²) in [5.41, 5.74) is 4.51. The smallest absolute Gasteiger partial charge is 0.272 e. The predicted octanol–water partition coefficient (Wildman–Crippen LogP) is 4.81. The Labute approximate surface area is 320 Å². The summed E-state index contributed by atoms with van der Waals surface area (Å²) in [6.45, 7) is 5.64. The number of benzene rings is 3. The van der Waals surface area contributed by atoms with E-state index < -0.39 is 6.23 Å². The van der Waals surface area contributed by atoms with Crippen LogP contribution in [-0.2, 0) is 16.6 Å². The van der Waals surface area contributed by atoms with Gasteiger partial charge in [-0.05, 0) is 73.4 Å². The van der Waals surface area contributed by atoms with Crippen LogP contribution in [0, 0.1) is 0 Å². The summed E-state index contributed by atoms with van der Waals surface area (Å²) < 4.78 is 24.5. The van der Waals surface area contributed by atoms with Gasteiger partial charge in [0, 0.05) is 68.8 Å². The number of anilines is 3. The van der Waals surface area contributed by atoms with Gasteiger partial charge >= 0.3 is 0 Å². The van der Waals surface area contributed by atoms with Crippen LogP contribution in [0.4, 0.5) is 17.1 Å². The van der Waals surface area contributed by atoms with E-state index in [2.05, 4.69) is 20.9 Å². The third-order valence-corrected chi connectivity index (χ3v) is 10.2. The van der Waals surface area contributed by atoms with Crippen molar-refractivity contribution in [3.63, 3.8) is 0 Å². The molecule has 4 heterocycles. The number of fused-ring (bicyclic) bond motifs is 2. The van der Waals surface area contributed by atoms with Crippen LogP contribution in [0.1, 0.15) is 46.5 Å². The van der Waals surface area contributed by atoms with Crippen molar-refractivity contribution in [2.24, 2.45) is 7.05 Å². The van der Waals surface area contributed by atoms with Crippen LogP contribution in [0.3, 0.4) is 0 Å². The summed E-state index contributed by atoms with van der Waals surface area (Å²) in [7, 11) is 3.34. The Kier molecular flexibility index (Phi) is 11.8. The molecule has 1 aromatic heterocycles. The van der Waals surface area contributed by atoms with Crippen molar-refractivity contribution in [1.82, 2.24) is 14.4 Å². The minimum atomic E-state index is -0.879. The van der Waals surface area contributed by atoms with Crippen molar-refractivity contribution in [3.05, 3.63) is 84.2 Å². The molecule has 0 saturated carbocycles. The van der Waals surface area contributed by atoms with Gasteiger partial charge < -0.3 is 49.5 Å². The molecule has 2 saturated heterocycles. The molecular weight excluding hydrogens is 704 g/mol. The molecule has 2 fully saturated rings. The van der Waals surface area contributed by atoms with Gasteiger partial charge in [-0.2, -0.15) is 0 Å². The molecule has 4 N–H and O–H groups in total. The molecule has 2 atom stereocenters. The number of aryl methyl sites for hydroxylation is 1. The highest BCUT2D eigenvalue weighted by Gasteiger charge is 2.39. The number of morpholine rings is 1. The molecule has 3 aromatic carbocycles. The van der Waals surface area contributed by atoms with Crippen LogP contribution in [0.15, 0.2) is 72.9 Å². The van der Waals surface area contributed by atoms with Gasteiger partial charge in [-0.1, -0.05) is 12.1 Å². The number of hydrogen-bond donors (Lipinski definition) is 4. The SMILES string of the molecule is COc1cc2c(cc1OCCCC(=O)Nc1ccc(-c3cc(C(=O)Nc4ccc(OCCN5CCOCC5)cc4)n(C)c3)cc1)N[C@H](O)[C@@H]1CCCN1C2=O. The summed E-state index contributed by atoms with van der Waals surface area (Å²) in [5, 5.41) is 19.6. The Bertz CT molecular complexity index is 1980. The maximum absolute atomic E-state index is 13.2. The molecule has 14 heteroatoms. The lowest BCUT2D eigenvalue weighted by Crippen LogP contribution is -2.43. The first-order chi connectivity index (χ1) is 26.7. The Morgan fingerprint density at radius 2 is 1.65 bits per heavy atom. The highest BCUT2D eigenvalue weighted by molar-refractivity contribution is 6.04. The van der Waals surface area contributed by atoms with E-state index in [1.165, 1.54) is 7.11 Å². The molecule has 0 radical (unpaired) electrons. The normalized spacial score (nSPS) is 18.1. The minimum Gasteiger partial charge on any atom is -0.493 e. The Morgan fingerprint density at radius 1 is 0.909 bits per heavy atom. The first kappa shape index (κ1) is 37.7. The molecule has 3 aliphatic heterocycles. The molecule has 55 heavy (non-hydrogen) atoms. The fraction of sp³-hybridized carbons (Fsp3) is 0.390. The standard InChI is InChI=1S/C41H48N6O8/c1-45-26-28(23-35(45)40(50)43-30-11-13-31(14-12-30)54-22-18-46-16-20-53-21-17-46)27-7-9-29(10-8-27)42-38(48)6-4-19-55-37-25-33-32(24-36(37)52-2)41(51)47-15-3-5-34(47)39(49)44-33/h7-14,23-26,34,39,44,49H,3-6,15-22H2,1-2H3,(H,42,48)(H,43,50)/t34-,39+/m0/s1. The summed E-state index contributed by atoms with van der Waals surface area (Å²) in [6.07, 6.45) is 3.27. The van der Waals surface area contributed by atoms with E-state index in [0.717, 1.165) is 62.6 Å². The monoisotopic (exact) mass is 752 g/mol. The molecule has 0 aliphatic carbocycles. The molecule has 0 bridgehead atoms. The average Bonchev–Trinajstić information content (AvgIpc) is 3.83. The quantitative estimate of drug-likeness (QED) is 0.132. The number of nitrogens with one attached hydrogen (secondary N) is 3. The zero-order valence-electron chi connectivity index (χ0n) is 31.2. The van der Waals surface area contributed by atoms with Gasteiger partial charge in [-0.25, -0.2) is 0 Å². The number of aliphatic hydroxyl groups excluding tert-OH is 1. The van der Waals surface area contributed by atoms with Crippen molar-refractivity contribution in [2.75, 3.05) is 75.7 Å². The van der Waals surface area contributed by atoms with Crippen LogP contribution in [0.25, 0.3) is 11.1 Å². The second kappa shape index (κ2) is 17.3. The van der Waals surface area contributed by atoms with Crippen molar-refractivity contribution in [2.45, 2.75) is 38.0 Å². The lowest BCUT2D eigenvalue weighted by Gasteiger charge is -2.26. The minimum absolute atomic E-state index is 0.146. The molecule has 0 spiro atoms. The van der Waals surface area contributed by atoms with E-state index in [0.29, 0.717) is 59.4 Å². The number of aliphatic hydroxyl groups is 1. The molecule has 14 nitrogen and oxygen atoms in total. The van der Waals surface area contributed by atoms with Crippen LogP contribution >= 0.6 is 0 Å². The number of carbonyl (C=O) groups excluding carboxylic acids is 3. The van der Waals surface area contributed by atoms with E-state index in [1.807, 2.05) is 67.8 Å². The van der Waals surface area contributed by atoms with Gasteiger partial charge in [0.25, 0.3) is 11.8 Å². The zero-order chi connectivity index (χ0) is 38.3. The van der Waals surface area contributed by atoms with Crippen LogP contribution in [0.2, 0.25) is 0 Å². The fourth-order valence-corrected chi connectivity index (χ4v) is 7.19. The Hall–Kier alpha value is -5.57. The van der Waals surface area contributed by atoms with Crippen molar-refractivity contribution in [3.8, 4) is 28.4 Å². The van der Waals surface area contributed by atoms with Gasteiger partial charge in [-0.15, -0.1) is 0 Å². The van der Waals surface area contributed by atoms with Gasteiger partial charge in [-0.3, -0.25) is 19.3 Å². The lowest BCUT2D eigenvalue weighted by atomic mass is 10.1. The molecule has 4 aromatic rings. The molecule has 0 unspecified atom stereocenters. The Balaban J connectivity index is 0.866. The third-order valence-electron chi connectivity index (χ3n) is 10.2. The van der Waals surface area contributed by atoms with Crippen LogP contribution in [0.5, 0.6) is 17.2 Å². The van der Waals surface area contributed by atoms with E-state index in [1.54, 1.807) is 21.6 Å². The van der Waals surface area contributed by atoms with Gasteiger partial charge in [0.15, 0.2) is 11.5 Å². The van der Waals surface area contributed by atoms with Crippen molar-refractivity contribution < 1.29 is 38.4 Å². The number of hydrogen-bond acceptors (Lipinski definition) is 10. The first-order valence-corrected chi connectivity index (χ1v) is 18.8. The Morgan fingerprint density at radius 3 is 2.42 bits per heavy atom. The maximum atomic E-state index is 13.2. The number of aromatic nitrogens is 1. The predicted molar refractivity (Wildman–Crippen MR) is 208 cm³/mol. The first-order valence-electron chi connectivity index (χ1n) is 18.8. The number of methoxy groups -OCH3 is 1. The lowest BCUT2D eigenvalue weighted by molar-refractivity contribution is -0.116. The largest absolute Gasteiger partial charge is 0.493 e. The van der Waals surface area contributed by atoms with E-state index >= 15 is 0 Å². The van der Waals surface area contributed by atoms with Crippen LogP contribution < -0.4 is 30.2 Å². The summed E-state index contributed by atoms with van der Waals surface area (Å²) in [4.78, 5) is 43.1. The fourth-order valence-electron chi connectivity index (χ4n) is 7.19. The number of ether oxygens (including phenoxy) is 4. The summed E-state index contributed by atoms with van der Waals surface area (Å²) >= 11 is 0. The maximum Gasteiger partial charge on any atom is 0.272 e. The highest BCUT2D eigenvalue weighted by Crippen LogP contribution is 2.38. The van der Waals surface area contributed by atoms with Gasteiger partial charge in [0.1, 0.15) is 24.3 Å². The number of rotatable bonds is 14. The van der Waals surface area contributed by atoms with Crippen molar-refractivity contribution >= 4 is 34.8 Å². The van der Waals surface area contributed by atoms with Gasteiger partial charge in [0.05, 0.1) is 44.2 Å². The third kappa shape index (κ3) is 9.05. The zero-order valence-corrected chi connectivity index (χ0v) is 31.2. The average molecular weight is 753 g/mol. The molecule has 3 amide bonds. The topological polar surface area (TPSA) is 156 Å². The second-order valence-electron chi connectivity index (χ2n) is 13.9. The highest BCUT2D eigenvalue weighted by atomic mass is 16.5. The number of amides is 3. The molecule has 290 valence electrons. The summed E-state index contributed by atoms with van der Waals surface area (Å²) in [6, 6.07) is 19.7. The van der Waals surface area contributed by atoms with Crippen LogP contribution in [-0.4, -0.2) is 109 Å². The van der Waals surface area contributed by atoms with E-state index in [9.17, 15) is 19.5 Å². The van der Waals surface area contributed by atoms with E-state index in [4.69, 9.17) is 18.9 Å². The van der Waals surface area contributed by atoms with E-state index in [-0.39, 0.29) is 36.8 Å². The number of carbonyl (C=O) groups is 3. The van der Waals surface area contributed by atoms with Gasteiger partial charge in [0.2, 0.25) is 5.91 Å². The number of nitrogens with zero attached hydrogens (tertiary/aromatic N) is 3.